The van der Waals surface area contributed by atoms with Gasteiger partial charge in [0.05, 0.1) is 5.54 Å². The Labute approximate surface area is 97.8 Å². The molecule has 0 aromatic carbocycles. The van der Waals surface area contributed by atoms with E-state index in [-0.39, 0.29) is 19.0 Å². The zero-order chi connectivity index (χ0) is 12.2. The largest absolute Gasteiger partial charge is 0.366 e. The van der Waals surface area contributed by atoms with Gasteiger partial charge in [-0.1, -0.05) is 6.92 Å². The number of nitrogens with two attached hydrogens (primary N) is 1. The predicted molar refractivity (Wildman–Crippen MR) is 65.4 cm³/mol. The standard InChI is InChI=1S/C11H21BN2O2/c1-3-11(2,10(16)12-13)14-6-4-5-9(7-14)8-15/h8-9,12H,3-7,13H2,1-2H3. The van der Waals surface area contributed by atoms with Gasteiger partial charge in [0.1, 0.15) is 12.0 Å². The molecule has 0 aromatic heterocycles. The second-order valence-electron chi connectivity index (χ2n) is 4.74. The Hall–Kier alpha value is -0.675. The van der Waals surface area contributed by atoms with E-state index in [1.54, 1.807) is 0 Å². The summed E-state index contributed by atoms with van der Waals surface area (Å²) in [6.45, 7) is 5.52. The first-order valence-corrected chi connectivity index (χ1v) is 6.02. The van der Waals surface area contributed by atoms with Gasteiger partial charge in [0.25, 0.3) is 7.41 Å². The fraction of sp³-hybridized carbons (Fsp3) is 0.818. The van der Waals surface area contributed by atoms with Crippen molar-refractivity contribution in [3.63, 3.8) is 0 Å². The molecule has 0 spiro atoms. The molecule has 2 unspecified atom stereocenters. The van der Waals surface area contributed by atoms with Crippen molar-refractivity contribution in [3.8, 4) is 0 Å². The van der Waals surface area contributed by atoms with Gasteiger partial charge in [-0.05, 0) is 32.7 Å². The molecule has 1 fully saturated rings. The lowest BCUT2D eigenvalue weighted by Crippen LogP contribution is -2.58. The monoisotopic (exact) mass is 224 g/mol. The minimum atomic E-state index is -0.490. The summed E-state index contributed by atoms with van der Waals surface area (Å²) >= 11 is 0. The maximum atomic E-state index is 11.9. The van der Waals surface area contributed by atoms with Crippen molar-refractivity contribution in [1.29, 1.82) is 0 Å². The summed E-state index contributed by atoms with van der Waals surface area (Å²) in [6.07, 6.45) is 3.68. The lowest BCUT2D eigenvalue weighted by molar-refractivity contribution is -0.126. The molecule has 2 atom stereocenters. The Morgan fingerprint density at radius 3 is 2.88 bits per heavy atom. The van der Waals surface area contributed by atoms with Crippen molar-refractivity contribution in [2.45, 2.75) is 38.6 Å². The van der Waals surface area contributed by atoms with Crippen LogP contribution in [-0.2, 0) is 9.59 Å². The van der Waals surface area contributed by atoms with Crippen molar-refractivity contribution in [1.82, 2.24) is 4.90 Å². The molecule has 1 rings (SSSR count). The van der Waals surface area contributed by atoms with Crippen LogP contribution >= 0.6 is 0 Å². The fourth-order valence-corrected chi connectivity index (χ4v) is 2.39. The first-order valence-electron chi connectivity index (χ1n) is 6.02. The Morgan fingerprint density at radius 1 is 1.69 bits per heavy atom. The van der Waals surface area contributed by atoms with E-state index in [4.69, 9.17) is 5.64 Å². The maximum Gasteiger partial charge on any atom is 0.282 e. The average Bonchev–Trinajstić information content (AvgIpc) is 2.36. The van der Waals surface area contributed by atoms with Gasteiger partial charge < -0.3 is 15.2 Å². The summed E-state index contributed by atoms with van der Waals surface area (Å²) in [4.78, 5) is 24.9. The van der Waals surface area contributed by atoms with Crippen molar-refractivity contribution in [2.75, 3.05) is 13.1 Å². The number of hydrogen-bond acceptors (Lipinski definition) is 4. The van der Waals surface area contributed by atoms with Gasteiger partial charge >= 0.3 is 0 Å². The van der Waals surface area contributed by atoms with Crippen LogP contribution in [0.5, 0.6) is 0 Å². The Balaban J connectivity index is 2.79. The van der Waals surface area contributed by atoms with E-state index in [0.29, 0.717) is 6.54 Å². The highest BCUT2D eigenvalue weighted by molar-refractivity contribution is 6.73. The highest BCUT2D eigenvalue weighted by Gasteiger charge is 2.38. The predicted octanol–water partition coefficient (Wildman–Crippen LogP) is -0.0972. The molecule has 90 valence electrons. The third kappa shape index (κ3) is 2.52. The topological polar surface area (TPSA) is 63.4 Å². The van der Waals surface area contributed by atoms with Crippen LogP contribution in [-0.4, -0.2) is 42.9 Å². The van der Waals surface area contributed by atoms with Gasteiger partial charge in [-0.2, -0.15) is 0 Å². The number of aldehydes is 1. The SMILES string of the molecule is CCC(C)(C(=O)BN)N1CCCC(C=O)C1. The van der Waals surface area contributed by atoms with Crippen LogP contribution in [0.2, 0.25) is 0 Å². The van der Waals surface area contributed by atoms with Crippen molar-refractivity contribution in [2.24, 2.45) is 11.6 Å². The van der Waals surface area contributed by atoms with Crippen LogP contribution in [0.4, 0.5) is 0 Å². The van der Waals surface area contributed by atoms with Gasteiger partial charge in [-0.15, -0.1) is 0 Å². The van der Waals surface area contributed by atoms with E-state index in [2.05, 4.69) is 4.90 Å². The second-order valence-corrected chi connectivity index (χ2v) is 4.74. The van der Waals surface area contributed by atoms with Gasteiger partial charge in [0.2, 0.25) is 0 Å². The molecule has 16 heavy (non-hydrogen) atoms. The van der Waals surface area contributed by atoms with Crippen molar-refractivity contribution >= 4 is 19.4 Å². The molecular formula is C11H21BN2O2. The number of rotatable bonds is 5. The van der Waals surface area contributed by atoms with Gasteiger partial charge in [-0.25, -0.2) is 0 Å². The molecule has 0 saturated carbocycles. The Morgan fingerprint density at radius 2 is 2.38 bits per heavy atom. The van der Waals surface area contributed by atoms with Crippen LogP contribution in [0.1, 0.15) is 33.1 Å². The summed E-state index contributed by atoms with van der Waals surface area (Å²) in [5, 5.41) is 0. The molecule has 0 aliphatic carbocycles. The zero-order valence-corrected chi connectivity index (χ0v) is 10.2. The number of piperidine rings is 1. The van der Waals surface area contributed by atoms with E-state index < -0.39 is 5.54 Å². The fourth-order valence-electron chi connectivity index (χ4n) is 2.39. The first kappa shape index (κ1) is 13.4. The molecule has 0 amide bonds. The number of nitrogens with zero attached hydrogens (tertiary/aromatic N) is 1. The minimum Gasteiger partial charge on any atom is -0.366 e. The Bertz CT molecular complexity index is 273. The molecule has 1 aliphatic rings. The summed E-state index contributed by atoms with van der Waals surface area (Å²) in [5.74, 6) is 0.0743. The lowest BCUT2D eigenvalue weighted by atomic mass is 9.72. The van der Waals surface area contributed by atoms with Gasteiger partial charge in [0.15, 0.2) is 0 Å². The average molecular weight is 224 g/mol. The molecule has 0 radical (unpaired) electrons. The summed E-state index contributed by atoms with van der Waals surface area (Å²) < 4.78 is 0. The minimum absolute atomic E-state index is 0.0709. The van der Waals surface area contributed by atoms with E-state index in [9.17, 15) is 9.59 Å². The van der Waals surface area contributed by atoms with Gasteiger partial charge in [-0.3, -0.25) is 4.90 Å². The molecular weight excluding hydrogens is 203 g/mol. The third-order valence-corrected chi connectivity index (χ3v) is 3.82. The molecule has 5 heteroatoms. The van der Waals surface area contributed by atoms with E-state index in [0.717, 1.165) is 32.1 Å². The van der Waals surface area contributed by atoms with E-state index in [1.165, 1.54) is 0 Å². The van der Waals surface area contributed by atoms with Crippen molar-refractivity contribution < 1.29 is 9.59 Å². The lowest BCUT2D eigenvalue weighted by Gasteiger charge is -2.43. The highest BCUT2D eigenvalue weighted by atomic mass is 16.1. The molecule has 1 heterocycles. The molecule has 1 aliphatic heterocycles. The Kier molecular flexibility index (Phi) is 4.68. The van der Waals surface area contributed by atoms with E-state index in [1.807, 2.05) is 13.8 Å². The van der Waals surface area contributed by atoms with Gasteiger partial charge in [0, 0.05) is 12.5 Å². The number of likely N-dealkylation sites (tertiary alicyclic amines) is 1. The highest BCUT2D eigenvalue weighted by Crippen LogP contribution is 2.26. The normalized spacial score (nSPS) is 25.8. The van der Waals surface area contributed by atoms with Crippen LogP contribution < -0.4 is 5.64 Å². The number of carbonyl (C=O) groups excluding carboxylic acids is 2. The third-order valence-electron chi connectivity index (χ3n) is 3.82. The molecule has 1 saturated heterocycles. The van der Waals surface area contributed by atoms with Crippen molar-refractivity contribution in [3.05, 3.63) is 0 Å². The molecule has 2 N–H and O–H groups in total. The smallest absolute Gasteiger partial charge is 0.282 e. The number of hydrogen-bond donors (Lipinski definition) is 1. The van der Waals surface area contributed by atoms with Crippen LogP contribution in [0.15, 0.2) is 0 Å². The maximum absolute atomic E-state index is 11.9. The summed E-state index contributed by atoms with van der Waals surface area (Å²) in [7, 11) is 0.0760. The second kappa shape index (κ2) is 5.59. The summed E-state index contributed by atoms with van der Waals surface area (Å²) in [5.41, 5.74) is 5.04. The number of carbonyl (C=O) groups is 2. The van der Waals surface area contributed by atoms with Crippen LogP contribution in [0.3, 0.4) is 0 Å². The zero-order valence-electron chi connectivity index (χ0n) is 10.2. The quantitative estimate of drug-likeness (QED) is 0.523. The first-order chi connectivity index (χ1) is 7.58. The van der Waals surface area contributed by atoms with Crippen LogP contribution in [0.25, 0.3) is 0 Å². The molecule has 0 bridgehead atoms. The molecule has 0 aromatic rings. The van der Waals surface area contributed by atoms with Crippen LogP contribution in [0, 0.1) is 5.92 Å². The van der Waals surface area contributed by atoms with E-state index >= 15 is 0 Å². The molecule has 4 nitrogen and oxygen atoms in total. The summed E-state index contributed by atoms with van der Waals surface area (Å²) in [6, 6.07) is 0.